The average molecular weight is 660 g/mol. The molecule has 0 fully saturated rings. The molecule has 0 saturated heterocycles. The van der Waals surface area contributed by atoms with Crippen molar-refractivity contribution in [1.29, 1.82) is 0 Å². The standard InChI is InChI=1S/C24H20Cl2N2O5.C7H8O3S/c1-3-4-19-16(9-10-22(27-19)32-15-7-5-14(25)6-8-15)23-17-11-21(31-13(2)24(29)30)18(26)12-20(17)33-28-23;1-6-2-4-7(5-3-6)11(8,9)10/h5-13H,3-4H2,1-2H3,(H,29,30);2-5H,1H3,(H,8,9,10)/t13-;/m0./s1. The molecule has 0 unspecified atom stereocenters. The number of hydrogen-bond donors (Lipinski definition) is 2. The summed E-state index contributed by atoms with van der Waals surface area (Å²) in [7, 11) is -4.02. The molecule has 5 rings (SSSR count). The number of carboxylic acid groups (broad SMARTS) is 1. The minimum absolute atomic E-state index is 0.0666. The lowest BCUT2D eigenvalue weighted by atomic mass is 10.0. The number of carboxylic acids is 1. The summed E-state index contributed by atoms with van der Waals surface area (Å²) in [6.45, 7) is 5.33. The highest BCUT2D eigenvalue weighted by Gasteiger charge is 2.21. The van der Waals surface area contributed by atoms with Gasteiger partial charge in [0.25, 0.3) is 10.1 Å². The van der Waals surface area contributed by atoms with Crippen LogP contribution in [0.25, 0.3) is 22.2 Å². The zero-order chi connectivity index (χ0) is 32.0. The van der Waals surface area contributed by atoms with Crippen molar-refractivity contribution in [2.75, 3.05) is 0 Å². The highest BCUT2D eigenvalue weighted by molar-refractivity contribution is 7.85. The molecule has 3 aromatic carbocycles. The molecule has 0 bridgehead atoms. The molecule has 0 amide bonds. The lowest BCUT2D eigenvalue weighted by Crippen LogP contribution is -2.22. The van der Waals surface area contributed by atoms with Gasteiger partial charge in [0.2, 0.25) is 5.88 Å². The zero-order valence-electron chi connectivity index (χ0n) is 23.8. The fourth-order valence-electron chi connectivity index (χ4n) is 3.98. The Morgan fingerprint density at radius 1 is 1.02 bits per heavy atom. The molecule has 2 N–H and O–H groups in total. The van der Waals surface area contributed by atoms with Crippen molar-refractivity contribution in [2.45, 2.75) is 44.6 Å². The monoisotopic (exact) mass is 658 g/mol. The zero-order valence-corrected chi connectivity index (χ0v) is 26.2. The normalized spacial score (nSPS) is 11.9. The smallest absolute Gasteiger partial charge is 0.344 e. The predicted molar refractivity (Wildman–Crippen MR) is 166 cm³/mol. The van der Waals surface area contributed by atoms with Gasteiger partial charge in [-0.2, -0.15) is 8.42 Å². The van der Waals surface area contributed by atoms with Crippen molar-refractivity contribution in [1.82, 2.24) is 10.1 Å². The van der Waals surface area contributed by atoms with Crippen molar-refractivity contribution >= 4 is 50.3 Å². The molecular weight excluding hydrogens is 631 g/mol. The molecule has 0 radical (unpaired) electrons. The number of halogens is 2. The van der Waals surface area contributed by atoms with Crippen LogP contribution in [0.4, 0.5) is 0 Å². The number of carbonyl (C=O) groups is 1. The van der Waals surface area contributed by atoms with E-state index in [1.807, 2.05) is 13.0 Å². The second kappa shape index (κ2) is 14.1. The maximum atomic E-state index is 11.2. The van der Waals surface area contributed by atoms with Crippen LogP contribution in [-0.4, -0.2) is 40.3 Å². The van der Waals surface area contributed by atoms with Crippen LogP contribution in [0.2, 0.25) is 10.0 Å². The summed E-state index contributed by atoms with van der Waals surface area (Å²) in [5, 5.41) is 14.9. The van der Waals surface area contributed by atoms with Gasteiger partial charge in [0.1, 0.15) is 17.2 Å². The fourth-order valence-corrected chi connectivity index (χ4v) is 4.78. The van der Waals surface area contributed by atoms with Crippen LogP contribution in [0.3, 0.4) is 0 Å². The second-order valence-electron chi connectivity index (χ2n) is 9.65. The number of hydrogen-bond acceptors (Lipinski definition) is 8. The van der Waals surface area contributed by atoms with Gasteiger partial charge in [-0.25, -0.2) is 9.78 Å². The first-order valence-corrected chi connectivity index (χ1v) is 15.5. The Bertz CT molecular complexity index is 1880. The van der Waals surface area contributed by atoms with Gasteiger partial charge < -0.3 is 19.1 Å². The van der Waals surface area contributed by atoms with E-state index in [9.17, 15) is 13.2 Å². The van der Waals surface area contributed by atoms with E-state index in [1.165, 1.54) is 19.1 Å². The first-order valence-electron chi connectivity index (χ1n) is 13.3. The maximum absolute atomic E-state index is 11.2. The molecular formula is C31H28Cl2N2O8S. The summed E-state index contributed by atoms with van der Waals surface area (Å²) >= 11 is 12.2. The number of nitrogens with zero attached hydrogens (tertiary/aromatic N) is 2. The van der Waals surface area contributed by atoms with Crippen LogP contribution in [-0.2, 0) is 21.3 Å². The molecule has 230 valence electrons. The minimum atomic E-state index is -4.02. The Balaban J connectivity index is 0.000000339. The number of fused-ring (bicyclic) bond motifs is 1. The van der Waals surface area contributed by atoms with Crippen LogP contribution in [0.1, 0.15) is 31.5 Å². The molecule has 0 aliphatic heterocycles. The van der Waals surface area contributed by atoms with Crippen molar-refractivity contribution < 1.29 is 36.9 Å². The van der Waals surface area contributed by atoms with Gasteiger partial charge in [0.05, 0.1) is 21.0 Å². The molecule has 0 saturated carbocycles. The SMILES string of the molecule is CCCc1nc(Oc2ccc(Cl)cc2)ccc1-c1noc2cc(Cl)c(O[C@@H](C)C(=O)O)cc12.Cc1ccc(S(=O)(=O)O)cc1. The van der Waals surface area contributed by atoms with Gasteiger partial charge in [-0.05, 0) is 68.8 Å². The van der Waals surface area contributed by atoms with E-state index >= 15 is 0 Å². The molecule has 10 nitrogen and oxygen atoms in total. The summed E-state index contributed by atoms with van der Waals surface area (Å²) < 4.78 is 46.4. The number of pyridine rings is 1. The van der Waals surface area contributed by atoms with Gasteiger partial charge in [-0.1, -0.05) is 59.4 Å². The molecule has 2 aromatic heterocycles. The molecule has 0 aliphatic rings. The van der Waals surface area contributed by atoms with E-state index in [1.54, 1.807) is 54.6 Å². The number of aromatic nitrogens is 2. The summed E-state index contributed by atoms with van der Waals surface area (Å²) in [5.41, 5.74) is 3.53. The third kappa shape index (κ3) is 8.26. The molecule has 1 atom stereocenters. The molecule has 0 aliphatic carbocycles. The average Bonchev–Trinajstić information content (AvgIpc) is 3.37. The third-order valence-electron chi connectivity index (χ3n) is 6.22. The van der Waals surface area contributed by atoms with Crippen LogP contribution in [0.15, 0.2) is 82.2 Å². The fraction of sp³-hybridized carbons (Fsp3) is 0.194. The largest absolute Gasteiger partial charge is 0.479 e. The minimum Gasteiger partial charge on any atom is -0.479 e. The van der Waals surface area contributed by atoms with E-state index in [0.29, 0.717) is 39.7 Å². The highest BCUT2D eigenvalue weighted by atomic mass is 35.5. The number of aryl methyl sites for hydroxylation is 2. The molecule has 13 heteroatoms. The lowest BCUT2D eigenvalue weighted by Gasteiger charge is -2.12. The first-order chi connectivity index (χ1) is 20.8. The Morgan fingerprint density at radius 2 is 1.70 bits per heavy atom. The number of aliphatic carboxylic acids is 1. The quantitative estimate of drug-likeness (QED) is 0.149. The summed E-state index contributed by atoms with van der Waals surface area (Å²) in [5.74, 6) is 0.205. The van der Waals surface area contributed by atoms with E-state index < -0.39 is 22.2 Å². The third-order valence-corrected chi connectivity index (χ3v) is 7.64. The van der Waals surface area contributed by atoms with Gasteiger partial charge in [0, 0.05) is 22.7 Å². The van der Waals surface area contributed by atoms with Crippen molar-refractivity contribution in [3.63, 3.8) is 0 Å². The van der Waals surface area contributed by atoms with Gasteiger partial charge >= 0.3 is 5.97 Å². The van der Waals surface area contributed by atoms with Gasteiger partial charge in [-0.3, -0.25) is 4.55 Å². The van der Waals surface area contributed by atoms with E-state index in [0.717, 1.165) is 23.2 Å². The summed E-state index contributed by atoms with van der Waals surface area (Å²) in [6.07, 6.45) is 0.482. The second-order valence-corrected chi connectivity index (χ2v) is 11.9. The van der Waals surface area contributed by atoms with E-state index in [2.05, 4.69) is 17.1 Å². The first kappa shape index (κ1) is 32.7. The van der Waals surface area contributed by atoms with Crippen molar-refractivity contribution in [3.05, 3.63) is 94.1 Å². The van der Waals surface area contributed by atoms with Crippen LogP contribution in [0.5, 0.6) is 17.4 Å². The van der Waals surface area contributed by atoms with E-state index in [4.69, 9.17) is 46.9 Å². The van der Waals surface area contributed by atoms with Gasteiger partial charge in [0.15, 0.2) is 11.7 Å². The van der Waals surface area contributed by atoms with E-state index in [-0.39, 0.29) is 15.7 Å². The maximum Gasteiger partial charge on any atom is 0.344 e. The van der Waals surface area contributed by atoms with Crippen LogP contribution in [0, 0.1) is 6.92 Å². The topological polar surface area (TPSA) is 149 Å². The molecule has 44 heavy (non-hydrogen) atoms. The summed E-state index contributed by atoms with van der Waals surface area (Å²) in [4.78, 5) is 15.8. The van der Waals surface area contributed by atoms with Crippen LogP contribution < -0.4 is 9.47 Å². The number of benzene rings is 3. The predicted octanol–water partition coefficient (Wildman–Crippen LogP) is 8.04. The summed E-state index contributed by atoms with van der Waals surface area (Å²) in [6, 6.07) is 19.8. The Labute approximate surface area is 263 Å². The lowest BCUT2D eigenvalue weighted by molar-refractivity contribution is -0.144. The van der Waals surface area contributed by atoms with Crippen molar-refractivity contribution in [3.8, 4) is 28.6 Å². The molecule has 5 aromatic rings. The number of rotatable bonds is 9. The number of ether oxygens (including phenoxy) is 2. The highest BCUT2D eigenvalue weighted by Crippen LogP contribution is 2.37. The van der Waals surface area contributed by atoms with Crippen LogP contribution >= 0.6 is 23.2 Å². The Kier molecular flexibility index (Phi) is 10.5. The Hall–Kier alpha value is -4.16. The van der Waals surface area contributed by atoms with Gasteiger partial charge in [-0.15, -0.1) is 0 Å². The van der Waals surface area contributed by atoms with Crippen molar-refractivity contribution in [2.24, 2.45) is 0 Å². The molecule has 2 heterocycles. The Morgan fingerprint density at radius 3 is 2.32 bits per heavy atom. The molecule has 0 spiro atoms.